The lowest BCUT2D eigenvalue weighted by Crippen LogP contribution is -2.36. The Morgan fingerprint density at radius 1 is 0.969 bits per heavy atom. The number of aromatic nitrogens is 2. The van der Waals surface area contributed by atoms with Crippen molar-refractivity contribution in [2.24, 2.45) is 0 Å². The average molecular weight is 445 g/mol. The molecule has 2 heterocycles. The fraction of sp³-hybridized carbons (Fsp3) is 0.167. The maximum Gasteiger partial charge on any atom is 0.265 e. The number of fused-ring (bicyclic) bond motifs is 1. The molecule has 2 aliphatic rings. The molecule has 0 unspecified atom stereocenters. The van der Waals surface area contributed by atoms with Crippen LogP contribution in [0.1, 0.15) is 17.7 Å². The number of anilines is 2. The van der Waals surface area contributed by atoms with Crippen LogP contribution in [-0.2, 0) is 27.7 Å². The molecular weight excluding hydrogens is 424 g/mol. The van der Waals surface area contributed by atoms with Crippen molar-refractivity contribution in [2.75, 3.05) is 16.2 Å². The highest BCUT2D eigenvalue weighted by Crippen LogP contribution is 2.42. The predicted octanol–water partition coefficient (Wildman–Crippen LogP) is 3.66. The summed E-state index contributed by atoms with van der Waals surface area (Å²) in [7, 11) is -3.80. The Hall–Kier alpha value is -3.65. The predicted molar refractivity (Wildman–Crippen MR) is 123 cm³/mol. The number of hydrogen-bond donors (Lipinski definition) is 1. The number of rotatable bonds is 4. The van der Waals surface area contributed by atoms with Crippen LogP contribution in [0.2, 0.25) is 0 Å². The highest BCUT2D eigenvalue weighted by molar-refractivity contribution is 7.93. The van der Waals surface area contributed by atoms with E-state index in [1.807, 2.05) is 48.5 Å². The molecule has 0 atom stereocenters. The van der Waals surface area contributed by atoms with Crippen LogP contribution in [0.15, 0.2) is 71.6 Å². The van der Waals surface area contributed by atoms with Gasteiger partial charge in [-0.15, -0.1) is 0 Å². The van der Waals surface area contributed by atoms with Crippen molar-refractivity contribution in [3.8, 4) is 5.69 Å². The minimum Gasteiger partial charge on any atom is -0.309 e. The number of sulfonamides is 1. The lowest BCUT2D eigenvalue weighted by molar-refractivity contribution is -0.114. The van der Waals surface area contributed by atoms with Gasteiger partial charge >= 0.3 is 0 Å². The topological polar surface area (TPSA) is 84.3 Å². The second-order valence-electron chi connectivity index (χ2n) is 8.07. The van der Waals surface area contributed by atoms with Crippen LogP contribution in [0.5, 0.6) is 0 Å². The van der Waals surface area contributed by atoms with Crippen molar-refractivity contribution < 1.29 is 13.2 Å². The summed E-state index contributed by atoms with van der Waals surface area (Å²) in [6, 6.07) is 20.3. The van der Waals surface area contributed by atoms with Crippen molar-refractivity contribution >= 4 is 38.2 Å². The second-order valence-corrected chi connectivity index (χ2v) is 9.90. The molecule has 1 amide bonds. The molecule has 6 rings (SSSR count). The first-order valence-corrected chi connectivity index (χ1v) is 12.0. The third-order valence-electron chi connectivity index (χ3n) is 6.13. The number of aryl methyl sites for hydroxylation is 1. The van der Waals surface area contributed by atoms with E-state index in [-0.39, 0.29) is 11.4 Å². The molecule has 0 fully saturated rings. The lowest BCUT2D eigenvalue weighted by atomic mass is 10.1. The maximum absolute atomic E-state index is 13.2. The SMILES string of the molecule is O=C(CN1c2cccc3cccc(c23)S1(=O)=O)Nc1c2c(nn1-c1ccccc1)CCC2. The van der Waals surface area contributed by atoms with E-state index in [9.17, 15) is 13.2 Å². The maximum atomic E-state index is 13.2. The normalized spacial score (nSPS) is 15.8. The van der Waals surface area contributed by atoms with Gasteiger partial charge in [0.15, 0.2) is 0 Å². The Morgan fingerprint density at radius 2 is 1.75 bits per heavy atom. The van der Waals surface area contributed by atoms with Gasteiger partial charge in [0, 0.05) is 10.9 Å². The van der Waals surface area contributed by atoms with Gasteiger partial charge in [-0.2, -0.15) is 5.10 Å². The van der Waals surface area contributed by atoms with Gasteiger partial charge in [-0.1, -0.05) is 42.5 Å². The fourth-order valence-corrected chi connectivity index (χ4v) is 6.37. The van der Waals surface area contributed by atoms with E-state index < -0.39 is 15.9 Å². The summed E-state index contributed by atoms with van der Waals surface area (Å²) in [5.74, 6) is 0.228. The molecule has 3 aromatic carbocycles. The number of hydrogen-bond acceptors (Lipinski definition) is 4. The van der Waals surface area contributed by atoms with Gasteiger partial charge in [0.25, 0.3) is 10.0 Å². The fourth-order valence-electron chi connectivity index (χ4n) is 4.71. The zero-order chi connectivity index (χ0) is 21.9. The molecule has 8 heteroatoms. The second kappa shape index (κ2) is 6.93. The van der Waals surface area contributed by atoms with Crippen LogP contribution in [0.4, 0.5) is 11.5 Å². The Kier molecular flexibility index (Phi) is 4.13. The molecule has 160 valence electrons. The molecule has 0 radical (unpaired) electrons. The number of carbonyl (C=O) groups is 1. The van der Waals surface area contributed by atoms with Gasteiger partial charge < -0.3 is 5.32 Å². The molecule has 0 saturated heterocycles. The van der Waals surface area contributed by atoms with Gasteiger partial charge in [-0.3, -0.25) is 9.10 Å². The molecule has 4 aromatic rings. The lowest BCUT2D eigenvalue weighted by Gasteiger charge is -2.19. The standard InChI is InChI=1S/C24H20N4O3S/c29-22(15-27-20-13-4-7-16-8-5-14-21(23(16)20)32(27,30)31)25-24-18-11-6-12-19(18)26-28(24)17-9-2-1-3-10-17/h1-5,7-10,13-14H,6,11-12,15H2,(H,25,29). The van der Waals surface area contributed by atoms with Gasteiger partial charge in [-0.05, 0) is 48.9 Å². The summed E-state index contributed by atoms with van der Waals surface area (Å²) < 4.78 is 29.4. The Bertz CT molecular complexity index is 1490. The summed E-state index contributed by atoms with van der Waals surface area (Å²) in [6.45, 7) is -0.301. The first-order chi connectivity index (χ1) is 15.5. The largest absolute Gasteiger partial charge is 0.309 e. The van der Waals surface area contributed by atoms with Crippen molar-refractivity contribution in [1.29, 1.82) is 0 Å². The van der Waals surface area contributed by atoms with E-state index in [2.05, 4.69) is 5.32 Å². The molecule has 1 N–H and O–H groups in total. The summed E-state index contributed by atoms with van der Waals surface area (Å²) in [4.78, 5) is 13.4. The molecule has 0 saturated carbocycles. The smallest absolute Gasteiger partial charge is 0.265 e. The van der Waals surface area contributed by atoms with Crippen LogP contribution >= 0.6 is 0 Å². The molecule has 32 heavy (non-hydrogen) atoms. The zero-order valence-electron chi connectivity index (χ0n) is 17.2. The van der Waals surface area contributed by atoms with Gasteiger partial charge in [0.05, 0.1) is 22.0 Å². The molecule has 1 aliphatic carbocycles. The minimum atomic E-state index is -3.80. The van der Waals surface area contributed by atoms with Crippen molar-refractivity contribution in [1.82, 2.24) is 9.78 Å². The Morgan fingerprint density at radius 3 is 2.56 bits per heavy atom. The zero-order valence-corrected chi connectivity index (χ0v) is 18.0. The van der Waals surface area contributed by atoms with E-state index in [4.69, 9.17) is 5.10 Å². The van der Waals surface area contributed by atoms with Crippen LogP contribution in [0, 0.1) is 0 Å². The first kappa shape index (κ1) is 19.1. The van der Waals surface area contributed by atoms with Crippen molar-refractivity contribution in [3.63, 3.8) is 0 Å². The first-order valence-electron chi connectivity index (χ1n) is 10.5. The Balaban J connectivity index is 1.35. The Labute approximate surface area is 185 Å². The van der Waals surface area contributed by atoms with Crippen molar-refractivity contribution in [2.45, 2.75) is 24.2 Å². The number of para-hydroxylation sites is 1. The molecular formula is C24H20N4O3S. The molecule has 1 aromatic heterocycles. The van der Waals surface area contributed by atoms with E-state index >= 15 is 0 Å². The minimum absolute atomic E-state index is 0.244. The number of benzene rings is 3. The van der Waals surface area contributed by atoms with E-state index in [1.54, 1.807) is 22.9 Å². The summed E-state index contributed by atoms with van der Waals surface area (Å²) in [5, 5.41) is 9.18. The van der Waals surface area contributed by atoms with Gasteiger partial charge in [0.2, 0.25) is 5.91 Å². The van der Waals surface area contributed by atoms with Crippen molar-refractivity contribution in [3.05, 3.63) is 78.0 Å². The third-order valence-corrected chi connectivity index (χ3v) is 7.94. The van der Waals surface area contributed by atoms with Crippen LogP contribution in [0.3, 0.4) is 0 Å². The number of carbonyl (C=O) groups excluding carboxylic acids is 1. The number of nitrogens with zero attached hydrogens (tertiary/aromatic N) is 3. The van der Waals surface area contributed by atoms with E-state index in [0.29, 0.717) is 16.9 Å². The van der Waals surface area contributed by atoms with Crippen LogP contribution in [-0.4, -0.2) is 30.7 Å². The molecule has 0 spiro atoms. The molecule has 7 nitrogen and oxygen atoms in total. The third kappa shape index (κ3) is 2.76. The highest BCUT2D eigenvalue weighted by atomic mass is 32.2. The van der Waals surface area contributed by atoms with Gasteiger partial charge in [0.1, 0.15) is 12.4 Å². The van der Waals surface area contributed by atoms with Crippen LogP contribution in [0.25, 0.3) is 16.5 Å². The summed E-state index contributed by atoms with van der Waals surface area (Å²) in [5.41, 5.74) is 3.39. The van der Waals surface area contributed by atoms with E-state index in [1.165, 1.54) is 4.31 Å². The summed E-state index contributed by atoms with van der Waals surface area (Å²) in [6.07, 6.45) is 2.70. The van der Waals surface area contributed by atoms with E-state index in [0.717, 1.165) is 41.6 Å². The van der Waals surface area contributed by atoms with Crippen LogP contribution < -0.4 is 9.62 Å². The number of nitrogens with one attached hydrogen (secondary N) is 1. The molecule has 1 aliphatic heterocycles. The average Bonchev–Trinajstić information content (AvgIpc) is 3.45. The highest BCUT2D eigenvalue weighted by Gasteiger charge is 2.37. The number of amides is 1. The van der Waals surface area contributed by atoms with Gasteiger partial charge in [-0.25, -0.2) is 13.1 Å². The molecule has 0 bridgehead atoms. The quantitative estimate of drug-likeness (QED) is 0.521. The summed E-state index contributed by atoms with van der Waals surface area (Å²) >= 11 is 0. The monoisotopic (exact) mass is 444 g/mol.